The maximum atomic E-state index is 4.99. The topological polar surface area (TPSA) is 16.8 Å². The van der Waals surface area contributed by atoms with Gasteiger partial charge >= 0.3 is 0 Å². The molecule has 0 N–H and O–H groups in total. The molecule has 6 rings (SSSR count). The van der Waals surface area contributed by atoms with Gasteiger partial charge in [-0.1, -0.05) is 110 Å². The maximum absolute atomic E-state index is 4.99. The normalized spacial score (nSPS) is 13.8. The largest absolute Gasteiger partial charge is 0.287 e. The van der Waals surface area contributed by atoms with Gasteiger partial charge in [-0.25, -0.2) is 4.57 Å². The molecule has 4 aromatic carbocycles. The fourth-order valence-electron chi connectivity index (χ4n) is 6.92. The third-order valence-electron chi connectivity index (χ3n) is 8.40. The average molecular weight is 576 g/mol. The molecule has 0 saturated carbocycles. The summed E-state index contributed by atoms with van der Waals surface area (Å²) in [4.78, 5) is 7.78. The van der Waals surface area contributed by atoms with E-state index in [1.54, 1.807) is 0 Å². The summed E-state index contributed by atoms with van der Waals surface area (Å²) in [5.41, 5.74) is 10.1. The molecule has 0 unspecified atom stereocenters. The summed E-state index contributed by atoms with van der Waals surface area (Å²) in [7, 11) is 2.17. The molecule has 0 atom stereocenters. The van der Waals surface area contributed by atoms with Gasteiger partial charge < -0.3 is 0 Å². The van der Waals surface area contributed by atoms with E-state index in [9.17, 15) is 0 Å². The maximum Gasteiger partial charge on any atom is 0.287 e. The highest BCUT2D eigenvalue weighted by molar-refractivity contribution is 8.00. The molecule has 3 heteroatoms. The van der Waals surface area contributed by atoms with Crippen LogP contribution < -0.4 is 4.57 Å². The minimum absolute atomic E-state index is 0.164. The first-order valence-corrected chi connectivity index (χ1v) is 16.3. The van der Waals surface area contributed by atoms with Gasteiger partial charge in [0.05, 0.1) is 12.4 Å². The Morgan fingerprint density at radius 1 is 0.690 bits per heavy atom. The van der Waals surface area contributed by atoms with Crippen LogP contribution in [0.25, 0.3) is 43.7 Å². The van der Waals surface area contributed by atoms with E-state index < -0.39 is 0 Å². The minimum atomic E-state index is 0.164. The van der Waals surface area contributed by atoms with E-state index >= 15 is 0 Å². The Labute approximate surface area is 257 Å². The zero-order chi connectivity index (χ0) is 30.4. The summed E-state index contributed by atoms with van der Waals surface area (Å²) in [6.45, 7) is 23.4. The van der Waals surface area contributed by atoms with Gasteiger partial charge in [0.25, 0.3) is 6.33 Å². The molecule has 2 heterocycles. The zero-order valence-electron chi connectivity index (χ0n) is 27.5. The molecular formula is C39H47N2S+. The van der Waals surface area contributed by atoms with Gasteiger partial charge in [-0.05, 0) is 97.3 Å². The minimum Gasteiger partial charge on any atom is -0.232 e. The van der Waals surface area contributed by atoms with E-state index in [2.05, 4.69) is 123 Å². The van der Waals surface area contributed by atoms with Crippen molar-refractivity contribution in [3.05, 3.63) is 71.0 Å². The predicted octanol–water partition coefficient (Wildman–Crippen LogP) is 10.6. The number of benzene rings is 4. The average Bonchev–Trinajstić information content (AvgIpc) is 2.85. The highest BCUT2D eigenvalue weighted by Gasteiger charge is 2.33. The lowest BCUT2D eigenvalue weighted by Crippen LogP contribution is -2.33. The molecule has 0 saturated heterocycles. The van der Waals surface area contributed by atoms with Crippen LogP contribution in [0, 0.1) is 23.2 Å². The van der Waals surface area contributed by atoms with Crippen molar-refractivity contribution in [3.8, 4) is 11.3 Å². The molecule has 0 bridgehead atoms. The Kier molecular flexibility index (Phi) is 6.81. The van der Waals surface area contributed by atoms with E-state index in [1.165, 1.54) is 70.2 Å². The van der Waals surface area contributed by atoms with Crippen LogP contribution in [0.5, 0.6) is 0 Å². The fraction of sp³-hybridized carbons (Fsp3) is 0.436. The standard InChI is InChI=1S/C39H47N2S/c1-23-29-17-25(20-38(5,6)7)13-15-28(29)30(21-39(8,9)10)36-32(23)34-33-31(40-22-41(34)11)18-26-16-24(19-37(2,3)4)12-14-27(26)35(33)42-36/h12-18,22H,19-21H2,1-11H3/q+1. The molecule has 42 heavy (non-hydrogen) atoms. The molecule has 2 nitrogen and oxygen atoms in total. The number of aryl methyl sites for hydroxylation is 2. The van der Waals surface area contributed by atoms with Gasteiger partial charge in [0.2, 0.25) is 0 Å². The third-order valence-corrected chi connectivity index (χ3v) is 9.68. The molecule has 0 radical (unpaired) electrons. The van der Waals surface area contributed by atoms with Gasteiger partial charge in [-0.2, -0.15) is 0 Å². The molecular weight excluding hydrogens is 529 g/mol. The Hall–Kier alpha value is -2.91. The number of nitrogens with zero attached hydrogens (tertiary/aromatic N) is 2. The van der Waals surface area contributed by atoms with Crippen LogP contribution in [0.1, 0.15) is 84.6 Å². The van der Waals surface area contributed by atoms with Crippen LogP contribution in [0.4, 0.5) is 0 Å². The van der Waals surface area contributed by atoms with Crippen molar-refractivity contribution < 1.29 is 4.57 Å². The van der Waals surface area contributed by atoms with Crippen LogP contribution in [0.2, 0.25) is 0 Å². The van der Waals surface area contributed by atoms with Gasteiger partial charge in [-0.15, -0.1) is 0 Å². The molecule has 1 aromatic heterocycles. The SMILES string of the molecule is Cc1c2c(c(CC(C)(C)C)c3ccc(CC(C)(C)C)cc13)Sc1c3ccc(CC(C)(C)C)cc3cc3nc[n+](C)c-2c13. The van der Waals surface area contributed by atoms with E-state index in [0.29, 0.717) is 0 Å². The van der Waals surface area contributed by atoms with Gasteiger partial charge in [0.1, 0.15) is 5.69 Å². The molecule has 5 aromatic rings. The summed E-state index contributed by atoms with van der Waals surface area (Å²) < 4.78 is 2.27. The second-order valence-corrected chi connectivity index (χ2v) is 17.4. The second kappa shape index (κ2) is 9.81. The van der Waals surface area contributed by atoms with Crippen molar-refractivity contribution in [3.63, 3.8) is 0 Å². The molecule has 0 spiro atoms. The zero-order valence-corrected chi connectivity index (χ0v) is 28.4. The fourth-order valence-corrected chi connectivity index (χ4v) is 8.38. The lowest BCUT2D eigenvalue weighted by atomic mass is 9.81. The summed E-state index contributed by atoms with van der Waals surface area (Å²) in [6.07, 6.45) is 5.19. The summed E-state index contributed by atoms with van der Waals surface area (Å²) in [5, 5.41) is 6.74. The Bertz CT molecular complexity index is 1890. The first-order chi connectivity index (χ1) is 19.5. The number of hydrogen-bond acceptors (Lipinski definition) is 2. The van der Waals surface area contributed by atoms with Gasteiger partial charge in [0, 0.05) is 15.4 Å². The smallest absolute Gasteiger partial charge is 0.232 e. The van der Waals surface area contributed by atoms with Crippen LogP contribution in [-0.2, 0) is 26.3 Å². The number of rotatable bonds is 3. The highest BCUT2D eigenvalue weighted by atomic mass is 32.2. The van der Waals surface area contributed by atoms with Crippen LogP contribution in [0.3, 0.4) is 0 Å². The number of fused-ring (bicyclic) bond motifs is 5. The van der Waals surface area contributed by atoms with Crippen LogP contribution in [-0.4, -0.2) is 4.98 Å². The molecule has 0 amide bonds. The lowest BCUT2D eigenvalue weighted by molar-refractivity contribution is -0.662. The summed E-state index contributed by atoms with van der Waals surface area (Å²) >= 11 is 1.99. The second-order valence-electron chi connectivity index (χ2n) is 16.4. The predicted molar refractivity (Wildman–Crippen MR) is 182 cm³/mol. The molecule has 0 fully saturated rings. The molecule has 218 valence electrons. The van der Waals surface area contributed by atoms with Crippen molar-refractivity contribution in [2.75, 3.05) is 0 Å². The Morgan fingerprint density at radius 3 is 1.90 bits per heavy atom. The highest BCUT2D eigenvalue weighted by Crippen LogP contribution is 2.54. The first kappa shape index (κ1) is 29.2. The van der Waals surface area contributed by atoms with Crippen LogP contribution in [0.15, 0.2) is 58.6 Å². The van der Waals surface area contributed by atoms with Crippen molar-refractivity contribution >= 4 is 44.2 Å². The van der Waals surface area contributed by atoms with E-state index in [4.69, 9.17) is 4.98 Å². The summed E-state index contributed by atoms with van der Waals surface area (Å²) in [6, 6.07) is 16.7. The van der Waals surface area contributed by atoms with Crippen molar-refractivity contribution in [2.24, 2.45) is 23.3 Å². The van der Waals surface area contributed by atoms with E-state index in [0.717, 1.165) is 24.8 Å². The summed E-state index contributed by atoms with van der Waals surface area (Å²) in [5.74, 6) is 0. The lowest BCUT2D eigenvalue weighted by Gasteiger charge is -2.29. The molecule has 0 aliphatic carbocycles. The van der Waals surface area contributed by atoms with Gasteiger partial charge in [-0.3, -0.25) is 0 Å². The molecule has 1 aliphatic heterocycles. The van der Waals surface area contributed by atoms with Crippen molar-refractivity contribution in [1.82, 2.24) is 4.98 Å². The Morgan fingerprint density at radius 2 is 1.29 bits per heavy atom. The molecule has 1 aliphatic rings. The number of hydrogen-bond donors (Lipinski definition) is 0. The third kappa shape index (κ3) is 5.34. The monoisotopic (exact) mass is 575 g/mol. The van der Waals surface area contributed by atoms with Gasteiger partial charge in [0.15, 0.2) is 5.52 Å². The van der Waals surface area contributed by atoms with Crippen molar-refractivity contribution in [1.29, 1.82) is 0 Å². The van der Waals surface area contributed by atoms with Crippen molar-refractivity contribution in [2.45, 2.75) is 98.3 Å². The quantitative estimate of drug-likeness (QED) is 0.154. The van der Waals surface area contributed by atoms with E-state index in [-0.39, 0.29) is 16.2 Å². The first-order valence-electron chi connectivity index (χ1n) is 15.5. The number of aromatic nitrogens is 2. The Balaban J connectivity index is 1.69. The van der Waals surface area contributed by atoms with Crippen LogP contribution >= 0.6 is 11.8 Å². The van der Waals surface area contributed by atoms with E-state index in [1.807, 2.05) is 18.1 Å².